The van der Waals surface area contributed by atoms with E-state index < -0.39 is 10.8 Å². The lowest BCUT2D eigenvalue weighted by molar-refractivity contribution is -0.114. The molecule has 0 aliphatic heterocycles. The Labute approximate surface area is 91.5 Å². The molecule has 2 rings (SSSR count). The van der Waals surface area contributed by atoms with Gasteiger partial charge in [0.2, 0.25) is 0 Å². The third-order valence-electron chi connectivity index (χ3n) is 2.41. The van der Waals surface area contributed by atoms with Crippen molar-refractivity contribution in [2.75, 3.05) is 0 Å². The Bertz CT molecular complexity index is 443. The molecule has 0 fully saturated rings. The van der Waals surface area contributed by atoms with Crippen LogP contribution in [0.4, 0.5) is 0 Å². The second-order valence-electron chi connectivity index (χ2n) is 3.61. The summed E-state index contributed by atoms with van der Waals surface area (Å²) in [5.74, 6) is 0.0221. The summed E-state index contributed by atoms with van der Waals surface area (Å²) in [6.45, 7) is 1.98. The molecule has 0 radical (unpaired) electrons. The Morgan fingerprint density at radius 1 is 1.20 bits per heavy atom. The molecule has 1 unspecified atom stereocenters. The molecule has 0 saturated heterocycles. The zero-order valence-corrected chi connectivity index (χ0v) is 9.34. The van der Waals surface area contributed by atoms with E-state index in [-0.39, 0.29) is 5.78 Å². The van der Waals surface area contributed by atoms with Gasteiger partial charge in [-0.25, -0.2) is 4.21 Å². The van der Waals surface area contributed by atoms with Crippen LogP contribution in [0.15, 0.2) is 40.1 Å². The maximum absolute atomic E-state index is 12.0. The van der Waals surface area contributed by atoms with Crippen LogP contribution in [-0.2, 0) is 15.6 Å². The van der Waals surface area contributed by atoms with Crippen molar-refractivity contribution in [1.29, 1.82) is 0 Å². The largest absolute Gasteiger partial charge is 0.294 e. The summed E-state index contributed by atoms with van der Waals surface area (Å²) in [4.78, 5) is 12.6. The van der Waals surface area contributed by atoms with Gasteiger partial charge in [-0.1, -0.05) is 23.8 Å². The second-order valence-corrected chi connectivity index (χ2v) is 5.06. The number of aryl methyl sites for hydroxylation is 1. The van der Waals surface area contributed by atoms with Crippen LogP contribution in [0.3, 0.4) is 0 Å². The van der Waals surface area contributed by atoms with Crippen LogP contribution < -0.4 is 0 Å². The fraction of sp³-hybridized carbons (Fsp3) is 0.250. The fourth-order valence-corrected chi connectivity index (χ4v) is 2.75. The van der Waals surface area contributed by atoms with Crippen LogP contribution in [0.25, 0.3) is 0 Å². The summed E-state index contributed by atoms with van der Waals surface area (Å²) in [5, 5.41) is 0. The summed E-state index contributed by atoms with van der Waals surface area (Å²) >= 11 is 0. The third-order valence-corrected chi connectivity index (χ3v) is 3.90. The van der Waals surface area contributed by atoms with Crippen molar-refractivity contribution in [2.24, 2.45) is 0 Å². The first-order chi connectivity index (χ1) is 7.18. The van der Waals surface area contributed by atoms with Crippen LogP contribution in [-0.4, -0.2) is 9.99 Å². The number of Topliss-reactive ketones (excluding diaryl/α,β-unsaturated/α-hetero) is 1. The summed E-state index contributed by atoms with van der Waals surface area (Å²) < 4.78 is 12.0. The standard InChI is InChI=1S/C12H12O2S/c1-9-5-7-10(8-6-9)15(14)12-4-2-3-11(12)13/h4-8H,2-3H2,1H3. The van der Waals surface area contributed by atoms with E-state index in [1.807, 2.05) is 31.2 Å². The first-order valence-electron chi connectivity index (χ1n) is 4.90. The average molecular weight is 220 g/mol. The van der Waals surface area contributed by atoms with Crippen LogP contribution in [0.1, 0.15) is 18.4 Å². The van der Waals surface area contributed by atoms with Gasteiger partial charge in [-0.15, -0.1) is 0 Å². The average Bonchev–Trinajstić information content (AvgIpc) is 2.65. The predicted molar refractivity (Wildman–Crippen MR) is 59.9 cm³/mol. The molecule has 0 aromatic heterocycles. The van der Waals surface area contributed by atoms with E-state index in [1.165, 1.54) is 0 Å². The monoisotopic (exact) mass is 220 g/mol. The van der Waals surface area contributed by atoms with Crippen molar-refractivity contribution < 1.29 is 9.00 Å². The van der Waals surface area contributed by atoms with Crippen LogP contribution in [0.2, 0.25) is 0 Å². The number of ketones is 1. The first-order valence-corrected chi connectivity index (χ1v) is 6.05. The lowest BCUT2D eigenvalue weighted by Gasteiger charge is -2.02. The fourth-order valence-electron chi connectivity index (χ4n) is 1.54. The van der Waals surface area contributed by atoms with Gasteiger partial charge < -0.3 is 0 Å². The maximum Gasteiger partial charge on any atom is 0.172 e. The van der Waals surface area contributed by atoms with Crippen molar-refractivity contribution in [3.05, 3.63) is 40.8 Å². The Morgan fingerprint density at radius 3 is 2.40 bits per heavy atom. The first kappa shape index (κ1) is 10.3. The van der Waals surface area contributed by atoms with Gasteiger partial charge in [-0.05, 0) is 25.5 Å². The Morgan fingerprint density at radius 2 is 1.87 bits per heavy atom. The number of rotatable bonds is 2. The van der Waals surface area contributed by atoms with Gasteiger partial charge in [0.25, 0.3) is 0 Å². The Kier molecular flexibility index (Phi) is 2.82. The maximum atomic E-state index is 12.0. The highest BCUT2D eigenvalue weighted by Gasteiger charge is 2.21. The van der Waals surface area contributed by atoms with E-state index >= 15 is 0 Å². The van der Waals surface area contributed by atoms with E-state index in [0.29, 0.717) is 16.2 Å². The van der Waals surface area contributed by atoms with Gasteiger partial charge in [-0.3, -0.25) is 4.79 Å². The Balaban J connectivity index is 2.28. The van der Waals surface area contributed by atoms with Gasteiger partial charge >= 0.3 is 0 Å². The third kappa shape index (κ3) is 2.07. The molecule has 1 aliphatic rings. The zero-order valence-electron chi connectivity index (χ0n) is 8.53. The number of carbonyl (C=O) groups is 1. The molecular weight excluding hydrogens is 208 g/mol. The normalized spacial score (nSPS) is 17.7. The molecule has 1 aromatic rings. The summed E-state index contributed by atoms with van der Waals surface area (Å²) in [6.07, 6.45) is 3.02. The van der Waals surface area contributed by atoms with E-state index in [2.05, 4.69) is 0 Å². The SMILES string of the molecule is Cc1ccc(S(=O)C2=CCCC2=O)cc1. The number of allylic oxidation sites excluding steroid dienone is 2. The van der Waals surface area contributed by atoms with Crippen molar-refractivity contribution in [1.82, 2.24) is 0 Å². The summed E-state index contributed by atoms with van der Waals surface area (Å²) in [7, 11) is -1.29. The minimum absolute atomic E-state index is 0.0221. The van der Waals surface area contributed by atoms with Crippen molar-refractivity contribution >= 4 is 16.6 Å². The number of hydrogen-bond acceptors (Lipinski definition) is 2. The number of hydrogen-bond donors (Lipinski definition) is 0. The topological polar surface area (TPSA) is 34.1 Å². The molecule has 0 heterocycles. The summed E-state index contributed by atoms with van der Waals surface area (Å²) in [6, 6.07) is 7.45. The summed E-state index contributed by atoms with van der Waals surface area (Å²) in [5.41, 5.74) is 1.13. The molecule has 0 saturated carbocycles. The lowest BCUT2D eigenvalue weighted by atomic mass is 10.2. The van der Waals surface area contributed by atoms with Crippen LogP contribution >= 0.6 is 0 Å². The van der Waals surface area contributed by atoms with Gasteiger partial charge in [0.05, 0.1) is 15.7 Å². The smallest absolute Gasteiger partial charge is 0.172 e. The minimum Gasteiger partial charge on any atom is -0.294 e. The van der Waals surface area contributed by atoms with Gasteiger partial charge in [0.15, 0.2) is 5.78 Å². The molecular formula is C12H12O2S. The highest BCUT2D eigenvalue weighted by molar-refractivity contribution is 7.90. The van der Waals surface area contributed by atoms with Crippen molar-refractivity contribution in [2.45, 2.75) is 24.7 Å². The quantitative estimate of drug-likeness (QED) is 0.766. The highest BCUT2D eigenvalue weighted by Crippen LogP contribution is 2.22. The molecule has 0 N–H and O–H groups in total. The van der Waals surface area contributed by atoms with Crippen LogP contribution in [0, 0.1) is 6.92 Å². The molecule has 0 spiro atoms. The molecule has 2 nitrogen and oxygen atoms in total. The molecule has 3 heteroatoms. The molecule has 1 atom stereocenters. The molecule has 0 amide bonds. The van der Waals surface area contributed by atoms with Crippen LogP contribution in [0.5, 0.6) is 0 Å². The molecule has 1 aliphatic carbocycles. The van der Waals surface area contributed by atoms with E-state index in [9.17, 15) is 9.00 Å². The Hall–Kier alpha value is -1.22. The lowest BCUT2D eigenvalue weighted by Crippen LogP contribution is -2.03. The van der Waals surface area contributed by atoms with E-state index in [0.717, 1.165) is 12.0 Å². The predicted octanol–water partition coefficient (Wildman–Crippen LogP) is 2.35. The van der Waals surface area contributed by atoms with Gasteiger partial charge in [0.1, 0.15) is 0 Å². The van der Waals surface area contributed by atoms with E-state index in [1.54, 1.807) is 6.08 Å². The molecule has 0 bridgehead atoms. The molecule has 1 aromatic carbocycles. The second kappa shape index (κ2) is 4.11. The molecule has 15 heavy (non-hydrogen) atoms. The van der Waals surface area contributed by atoms with E-state index in [4.69, 9.17) is 0 Å². The van der Waals surface area contributed by atoms with Crippen molar-refractivity contribution in [3.63, 3.8) is 0 Å². The number of carbonyl (C=O) groups excluding carboxylic acids is 1. The zero-order chi connectivity index (χ0) is 10.8. The number of benzene rings is 1. The van der Waals surface area contributed by atoms with Crippen molar-refractivity contribution in [3.8, 4) is 0 Å². The highest BCUT2D eigenvalue weighted by atomic mass is 32.2. The minimum atomic E-state index is -1.29. The molecule has 78 valence electrons. The van der Waals surface area contributed by atoms with Gasteiger partial charge in [-0.2, -0.15) is 0 Å². The van der Waals surface area contributed by atoms with Gasteiger partial charge in [0, 0.05) is 11.3 Å².